The maximum Gasteiger partial charge on any atom is 0.185 e. The van der Waals surface area contributed by atoms with E-state index in [0.29, 0.717) is 11.8 Å². The van der Waals surface area contributed by atoms with E-state index in [1.165, 1.54) is 12.8 Å². The van der Waals surface area contributed by atoms with Crippen LogP contribution in [0.4, 0.5) is 0 Å². The first kappa shape index (κ1) is 12.3. The summed E-state index contributed by atoms with van der Waals surface area (Å²) in [5.41, 5.74) is 0. The first-order valence-corrected chi connectivity index (χ1v) is 6.11. The van der Waals surface area contributed by atoms with Crippen LogP contribution in [0.15, 0.2) is 16.5 Å². The van der Waals surface area contributed by atoms with E-state index in [1.54, 1.807) is 6.07 Å². The molecule has 94 valence electrons. The molecule has 17 heavy (non-hydrogen) atoms. The average Bonchev–Trinajstić information content (AvgIpc) is 2.77. The fraction of sp³-hybridized carbons (Fsp3) is 0.615. The molecule has 2 heterocycles. The maximum atomic E-state index is 10.5. The van der Waals surface area contributed by atoms with Gasteiger partial charge in [0.25, 0.3) is 0 Å². The molecule has 1 fully saturated rings. The van der Waals surface area contributed by atoms with E-state index in [4.69, 9.17) is 4.42 Å². The van der Waals surface area contributed by atoms with Crippen LogP contribution in [-0.2, 0) is 6.54 Å². The van der Waals surface area contributed by atoms with Gasteiger partial charge in [-0.05, 0) is 45.6 Å². The smallest absolute Gasteiger partial charge is 0.185 e. The fourth-order valence-corrected chi connectivity index (χ4v) is 2.36. The standard InChI is InChI=1S/C13H20N2O2/c1-14(2)11-4-3-7-15(8-11)9-12-5-6-13(10-16)17-12/h5-6,10-11H,3-4,7-9H2,1-2H3. The Kier molecular flexibility index (Phi) is 3.97. The molecule has 0 radical (unpaired) electrons. The highest BCUT2D eigenvalue weighted by molar-refractivity contribution is 5.70. The average molecular weight is 236 g/mol. The Hall–Kier alpha value is -1.13. The predicted octanol–water partition coefficient (Wildman–Crippen LogP) is 1.62. The van der Waals surface area contributed by atoms with Crippen molar-refractivity contribution >= 4 is 6.29 Å². The lowest BCUT2D eigenvalue weighted by molar-refractivity contribution is 0.108. The van der Waals surface area contributed by atoms with Gasteiger partial charge in [-0.25, -0.2) is 0 Å². The number of nitrogens with zero attached hydrogens (tertiary/aromatic N) is 2. The largest absolute Gasteiger partial charge is 0.457 e. The van der Waals surface area contributed by atoms with E-state index in [0.717, 1.165) is 31.7 Å². The molecule has 0 N–H and O–H groups in total. The number of furan rings is 1. The van der Waals surface area contributed by atoms with Crippen molar-refractivity contribution in [2.24, 2.45) is 0 Å². The molecule has 1 unspecified atom stereocenters. The lowest BCUT2D eigenvalue weighted by atomic mass is 10.0. The molecule has 4 nitrogen and oxygen atoms in total. The molecule has 0 spiro atoms. The second kappa shape index (κ2) is 5.47. The Morgan fingerprint density at radius 1 is 1.53 bits per heavy atom. The monoisotopic (exact) mass is 236 g/mol. The van der Waals surface area contributed by atoms with Crippen LogP contribution in [0.5, 0.6) is 0 Å². The molecule has 0 amide bonds. The zero-order valence-electron chi connectivity index (χ0n) is 10.6. The van der Waals surface area contributed by atoms with Crippen LogP contribution in [0, 0.1) is 0 Å². The molecule has 1 aromatic heterocycles. The third-order valence-electron chi connectivity index (χ3n) is 3.39. The summed E-state index contributed by atoms with van der Waals surface area (Å²) in [6.07, 6.45) is 3.24. The van der Waals surface area contributed by atoms with Gasteiger partial charge in [0.1, 0.15) is 5.76 Å². The zero-order valence-corrected chi connectivity index (χ0v) is 10.6. The first-order chi connectivity index (χ1) is 8.19. The number of hydrogen-bond acceptors (Lipinski definition) is 4. The molecule has 1 atom stereocenters. The molecule has 0 aromatic carbocycles. The maximum absolute atomic E-state index is 10.5. The van der Waals surface area contributed by atoms with Gasteiger partial charge >= 0.3 is 0 Å². The SMILES string of the molecule is CN(C)C1CCCN(Cc2ccc(C=O)o2)C1. The predicted molar refractivity (Wildman–Crippen MR) is 66.1 cm³/mol. The Morgan fingerprint density at radius 2 is 2.35 bits per heavy atom. The Balaban J connectivity index is 1.92. The van der Waals surface area contributed by atoms with E-state index in [1.807, 2.05) is 6.07 Å². The van der Waals surface area contributed by atoms with E-state index in [-0.39, 0.29) is 0 Å². The molecule has 1 aliphatic heterocycles. The van der Waals surface area contributed by atoms with Gasteiger partial charge in [-0.1, -0.05) is 0 Å². The molecule has 1 aliphatic rings. The minimum atomic E-state index is 0.418. The Labute approximate surface area is 102 Å². The fourth-order valence-electron chi connectivity index (χ4n) is 2.36. The van der Waals surface area contributed by atoms with Crippen LogP contribution in [0.2, 0.25) is 0 Å². The van der Waals surface area contributed by atoms with Crippen molar-refractivity contribution in [2.75, 3.05) is 27.2 Å². The summed E-state index contributed by atoms with van der Waals surface area (Å²) in [7, 11) is 4.26. The minimum Gasteiger partial charge on any atom is -0.457 e. The summed E-state index contributed by atoms with van der Waals surface area (Å²) in [4.78, 5) is 15.2. The molecule has 0 bridgehead atoms. The van der Waals surface area contributed by atoms with Crippen LogP contribution in [0.3, 0.4) is 0 Å². The first-order valence-electron chi connectivity index (χ1n) is 6.11. The van der Waals surface area contributed by atoms with Gasteiger partial charge in [-0.3, -0.25) is 9.69 Å². The lowest BCUT2D eigenvalue weighted by Crippen LogP contribution is -2.44. The van der Waals surface area contributed by atoms with E-state index in [9.17, 15) is 4.79 Å². The highest BCUT2D eigenvalue weighted by atomic mass is 16.3. The van der Waals surface area contributed by atoms with Crippen LogP contribution < -0.4 is 0 Å². The van der Waals surface area contributed by atoms with Crippen molar-refractivity contribution in [2.45, 2.75) is 25.4 Å². The van der Waals surface area contributed by atoms with Gasteiger partial charge in [-0.2, -0.15) is 0 Å². The Bertz CT molecular complexity index is 373. The summed E-state index contributed by atoms with van der Waals surface area (Å²) in [6, 6.07) is 4.25. The van der Waals surface area contributed by atoms with Crippen LogP contribution in [-0.4, -0.2) is 49.3 Å². The molecule has 0 aliphatic carbocycles. The van der Waals surface area contributed by atoms with Gasteiger partial charge in [0.05, 0.1) is 6.54 Å². The van der Waals surface area contributed by atoms with Gasteiger partial charge in [0.15, 0.2) is 12.0 Å². The van der Waals surface area contributed by atoms with Crippen LogP contribution in [0.25, 0.3) is 0 Å². The molecular formula is C13H20N2O2. The second-order valence-corrected chi connectivity index (χ2v) is 4.92. The number of hydrogen-bond donors (Lipinski definition) is 0. The van der Waals surface area contributed by atoms with E-state index in [2.05, 4.69) is 23.9 Å². The van der Waals surface area contributed by atoms with Crippen molar-refractivity contribution < 1.29 is 9.21 Å². The summed E-state index contributed by atoms with van der Waals surface area (Å²) in [5, 5.41) is 0. The van der Waals surface area contributed by atoms with E-state index >= 15 is 0 Å². The second-order valence-electron chi connectivity index (χ2n) is 4.92. The number of carbonyl (C=O) groups is 1. The van der Waals surface area contributed by atoms with E-state index < -0.39 is 0 Å². The van der Waals surface area contributed by atoms with Crippen molar-refractivity contribution in [1.29, 1.82) is 0 Å². The van der Waals surface area contributed by atoms with Gasteiger partial charge in [0.2, 0.25) is 0 Å². The van der Waals surface area contributed by atoms with Gasteiger partial charge in [0, 0.05) is 12.6 Å². The number of aldehydes is 1. The number of likely N-dealkylation sites (tertiary alicyclic amines) is 1. The Morgan fingerprint density at radius 3 is 3.00 bits per heavy atom. The van der Waals surface area contributed by atoms with Gasteiger partial charge in [-0.15, -0.1) is 0 Å². The molecule has 2 rings (SSSR count). The van der Waals surface area contributed by atoms with Crippen LogP contribution >= 0.6 is 0 Å². The molecule has 1 aromatic rings. The summed E-state index contributed by atoms with van der Waals surface area (Å²) >= 11 is 0. The van der Waals surface area contributed by atoms with Crippen molar-refractivity contribution in [1.82, 2.24) is 9.80 Å². The zero-order chi connectivity index (χ0) is 12.3. The molecule has 0 saturated carbocycles. The third kappa shape index (κ3) is 3.17. The third-order valence-corrected chi connectivity index (χ3v) is 3.39. The van der Waals surface area contributed by atoms with Crippen molar-refractivity contribution in [3.63, 3.8) is 0 Å². The number of carbonyl (C=O) groups excluding carboxylic acids is 1. The summed E-state index contributed by atoms with van der Waals surface area (Å²) < 4.78 is 5.41. The lowest BCUT2D eigenvalue weighted by Gasteiger charge is -2.35. The van der Waals surface area contributed by atoms with Crippen LogP contribution in [0.1, 0.15) is 29.2 Å². The number of likely N-dealkylation sites (N-methyl/N-ethyl adjacent to an activating group) is 1. The topological polar surface area (TPSA) is 36.7 Å². The molecule has 4 heteroatoms. The number of piperidine rings is 1. The highest BCUT2D eigenvalue weighted by Gasteiger charge is 2.21. The van der Waals surface area contributed by atoms with Crippen molar-refractivity contribution in [3.05, 3.63) is 23.7 Å². The highest BCUT2D eigenvalue weighted by Crippen LogP contribution is 2.17. The van der Waals surface area contributed by atoms with Crippen molar-refractivity contribution in [3.8, 4) is 0 Å². The van der Waals surface area contributed by atoms with Gasteiger partial charge < -0.3 is 9.32 Å². The summed E-state index contributed by atoms with van der Waals surface area (Å²) in [5.74, 6) is 1.30. The molecule has 1 saturated heterocycles. The summed E-state index contributed by atoms with van der Waals surface area (Å²) in [6.45, 7) is 2.99. The minimum absolute atomic E-state index is 0.418. The molecular weight excluding hydrogens is 216 g/mol. The quantitative estimate of drug-likeness (QED) is 0.744. The number of rotatable bonds is 4. The normalized spacial score (nSPS) is 21.9.